The van der Waals surface area contributed by atoms with Crippen molar-refractivity contribution in [3.05, 3.63) is 82.1 Å². The number of halogens is 2. The lowest BCUT2D eigenvalue weighted by molar-refractivity contribution is 0.635. The Morgan fingerprint density at radius 2 is 1.97 bits per heavy atom. The van der Waals surface area contributed by atoms with Crippen LogP contribution in [-0.2, 0) is 0 Å². The number of imidazole rings is 1. The van der Waals surface area contributed by atoms with E-state index >= 15 is 0 Å². The highest BCUT2D eigenvalue weighted by atomic mass is 35.5. The van der Waals surface area contributed by atoms with Crippen LogP contribution in [0.2, 0.25) is 5.02 Å². The number of rotatable bonds is 4. The molecule has 2 N–H and O–H groups in total. The Morgan fingerprint density at radius 1 is 1.13 bits per heavy atom. The molecule has 0 amide bonds. The van der Waals surface area contributed by atoms with Gasteiger partial charge in [-0.1, -0.05) is 29.8 Å². The number of hydrogen-bond donors (Lipinski definition) is 2. The van der Waals surface area contributed by atoms with Crippen molar-refractivity contribution in [1.29, 1.82) is 0 Å². The predicted molar refractivity (Wildman–Crippen MR) is 116 cm³/mol. The lowest BCUT2D eigenvalue weighted by atomic mass is 10.2. The molecule has 0 unspecified atom stereocenters. The number of nitrogens with zero attached hydrogens (tertiary/aromatic N) is 5. The summed E-state index contributed by atoms with van der Waals surface area (Å²) >= 11 is 6.39. The van der Waals surface area contributed by atoms with Crippen molar-refractivity contribution in [2.75, 3.05) is 5.32 Å². The predicted octanol–water partition coefficient (Wildman–Crippen LogP) is 4.02. The minimum atomic E-state index is -0.641. The van der Waals surface area contributed by atoms with Crippen molar-refractivity contribution >= 4 is 39.5 Å². The first-order valence-electron chi connectivity index (χ1n) is 9.41. The van der Waals surface area contributed by atoms with Gasteiger partial charge in [0.1, 0.15) is 28.9 Å². The molecule has 0 aliphatic rings. The lowest BCUT2D eigenvalue weighted by Gasteiger charge is -2.20. The van der Waals surface area contributed by atoms with E-state index in [0.717, 1.165) is 0 Å². The van der Waals surface area contributed by atoms with Crippen LogP contribution in [0.1, 0.15) is 18.8 Å². The molecule has 0 aliphatic carbocycles. The number of aromatic amines is 1. The lowest BCUT2D eigenvalue weighted by Crippen LogP contribution is -2.28. The maximum Gasteiger partial charge on any atom is 0.269 e. The van der Waals surface area contributed by atoms with E-state index in [1.807, 2.05) is 6.92 Å². The fourth-order valence-corrected chi connectivity index (χ4v) is 3.73. The molecule has 5 rings (SSSR count). The number of nitrogens with one attached hydrogen (secondary N) is 2. The fraction of sp³-hybridized carbons (Fsp3) is 0.0952. The van der Waals surface area contributed by atoms with Gasteiger partial charge in [-0.2, -0.15) is 0 Å². The van der Waals surface area contributed by atoms with E-state index in [2.05, 4.69) is 30.2 Å². The third kappa shape index (κ3) is 3.19. The molecule has 8 nitrogen and oxygen atoms in total. The number of fused-ring (bicyclic) bond motifs is 2. The van der Waals surface area contributed by atoms with Crippen LogP contribution in [0.25, 0.3) is 27.8 Å². The van der Waals surface area contributed by atoms with Gasteiger partial charge in [0.25, 0.3) is 5.56 Å². The summed E-state index contributed by atoms with van der Waals surface area (Å²) in [7, 11) is 0. The minimum Gasteiger partial charge on any atom is -0.358 e. The molecular weight excluding hydrogens is 421 g/mol. The van der Waals surface area contributed by atoms with Gasteiger partial charge in [0.15, 0.2) is 11.5 Å². The fourth-order valence-electron chi connectivity index (χ4n) is 3.51. The van der Waals surface area contributed by atoms with Crippen LogP contribution in [-0.4, -0.2) is 29.5 Å². The SMILES string of the molecule is C[C@H](Nc1ncnc2nc[nH]c12)c1nc2cccc(F)c2c(=O)n1-c1ccccc1Cl. The average molecular weight is 436 g/mol. The van der Waals surface area contributed by atoms with Crippen molar-refractivity contribution in [1.82, 2.24) is 29.5 Å². The molecule has 0 radical (unpaired) electrons. The first kappa shape index (κ1) is 19.1. The smallest absolute Gasteiger partial charge is 0.269 e. The zero-order valence-corrected chi connectivity index (χ0v) is 16.9. The Labute approximate surface area is 179 Å². The normalized spacial score (nSPS) is 12.4. The molecule has 0 fully saturated rings. The summed E-state index contributed by atoms with van der Waals surface area (Å²) < 4.78 is 15.9. The van der Waals surface area contributed by atoms with Crippen molar-refractivity contribution in [3.63, 3.8) is 0 Å². The van der Waals surface area contributed by atoms with Gasteiger partial charge in [0.05, 0.1) is 28.6 Å². The average Bonchev–Trinajstić information content (AvgIpc) is 3.24. The van der Waals surface area contributed by atoms with Crippen LogP contribution >= 0.6 is 11.6 Å². The highest BCUT2D eigenvalue weighted by Crippen LogP contribution is 2.26. The van der Waals surface area contributed by atoms with E-state index in [-0.39, 0.29) is 10.9 Å². The summed E-state index contributed by atoms with van der Waals surface area (Å²) in [5.41, 5.74) is 1.24. The van der Waals surface area contributed by atoms with Crippen molar-refractivity contribution in [2.45, 2.75) is 13.0 Å². The molecule has 154 valence electrons. The second kappa shape index (κ2) is 7.44. The third-order valence-corrected chi connectivity index (χ3v) is 5.25. The van der Waals surface area contributed by atoms with E-state index < -0.39 is 17.4 Å². The van der Waals surface area contributed by atoms with Gasteiger partial charge >= 0.3 is 0 Å². The molecule has 3 aromatic heterocycles. The summed E-state index contributed by atoms with van der Waals surface area (Å²) in [6.07, 6.45) is 2.91. The molecule has 5 aromatic rings. The second-order valence-electron chi connectivity index (χ2n) is 6.89. The van der Waals surface area contributed by atoms with Crippen LogP contribution in [0.15, 0.2) is 59.9 Å². The van der Waals surface area contributed by atoms with E-state index in [4.69, 9.17) is 11.6 Å². The van der Waals surface area contributed by atoms with Gasteiger partial charge in [0, 0.05) is 0 Å². The summed E-state index contributed by atoms with van der Waals surface area (Å²) in [5.74, 6) is 0.203. The molecule has 0 saturated heterocycles. The summed E-state index contributed by atoms with van der Waals surface area (Å²) in [5, 5.41) is 3.48. The molecule has 0 aliphatic heterocycles. The molecule has 31 heavy (non-hydrogen) atoms. The number of aromatic nitrogens is 6. The quantitative estimate of drug-likeness (QED) is 0.442. The van der Waals surface area contributed by atoms with Gasteiger partial charge in [-0.05, 0) is 31.2 Å². The number of benzene rings is 2. The van der Waals surface area contributed by atoms with Gasteiger partial charge < -0.3 is 10.3 Å². The monoisotopic (exact) mass is 435 g/mol. The Hall–Kier alpha value is -3.85. The number of para-hydroxylation sites is 1. The van der Waals surface area contributed by atoms with Gasteiger partial charge in [-0.15, -0.1) is 0 Å². The maximum atomic E-state index is 14.5. The van der Waals surface area contributed by atoms with Gasteiger partial charge in [-0.3, -0.25) is 9.36 Å². The van der Waals surface area contributed by atoms with E-state index in [1.54, 1.807) is 30.3 Å². The molecule has 0 bridgehead atoms. The highest BCUT2D eigenvalue weighted by Gasteiger charge is 2.22. The molecule has 1 atom stereocenters. The Morgan fingerprint density at radius 3 is 2.81 bits per heavy atom. The Balaban J connectivity index is 1.74. The van der Waals surface area contributed by atoms with Crippen LogP contribution in [0.4, 0.5) is 10.2 Å². The Kier molecular flexibility index (Phi) is 4.59. The van der Waals surface area contributed by atoms with Crippen LogP contribution < -0.4 is 10.9 Å². The third-order valence-electron chi connectivity index (χ3n) is 4.93. The molecule has 2 aromatic carbocycles. The number of anilines is 1. The standard InChI is InChI=1S/C21H15ClFN7O/c1-11(28-19-17-18(25-9-24-17)26-10-27-19)20-29-14-7-4-6-13(23)16(14)21(31)30(20)15-8-3-2-5-12(15)22/h2-11H,1H3,(H2,24,25,26,27,28)/t11-/m0/s1. The minimum absolute atomic E-state index is 0.101. The van der Waals surface area contributed by atoms with E-state index in [9.17, 15) is 9.18 Å². The number of hydrogen-bond acceptors (Lipinski definition) is 6. The molecular formula is C21H15ClFN7O. The zero-order valence-electron chi connectivity index (χ0n) is 16.2. The largest absolute Gasteiger partial charge is 0.358 e. The molecule has 10 heteroatoms. The maximum absolute atomic E-state index is 14.5. The summed E-state index contributed by atoms with van der Waals surface area (Å²) in [4.78, 5) is 33.5. The zero-order chi connectivity index (χ0) is 21.5. The Bertz CT molecular complexity index is 1500. The van der Waals surface area contributed by atoms with Crippen LogP contribution in [0.3, 0.4) is 0 Å². The van der Waals surface area contributed by atoms with E-state index in [0.29, 0.717) is 33.5 Å². The number of H-pyrrole nitrogens is 1. The highest BCUT2D eigenvalue weighted by molar-refractivity contribution is 6.32. The van der Waals surface area contributed by atoms with E-state index in [1.165, 1.54) is 29.4 Å². The second-order valence-corrected chi connectivity index (χ2v) is 7.29. The van der Waals surface area contributed by atoms with Crippen LogP contribution in [0.5, 0.6) is 0 Å². The topological polar surface area (TPSA) is 101 Å². The first-order chi connectivity index (χ1) is 15.0. The summed E-state index contributed by atoms with van der Waals surface area (Å²) in [6, 6.07) is 10.7. The molecule has 0 saturated carbocycles. The van der Waals surface area contributed by atoms with Crippen molar-refractivity contribution < 1.29 is 4.39 Å². The van der Waals surface area contributed by atoms with Crippen LogP contribution in [0, 0.1) is 5.82 Å². The first-order valence-corrected chi connectivity index (χ1v) is 9.79. The van der Waals surface area contributed by atoms with Gasteiger partial charge in [-0.25, -0.2) is 24.3 Å². The molecule has 0 spiro atoms. The van der Waals surface area contributed by atoms with Crippen molar-refractivity contribution in [3.8, 4) is 5.69 Å². The molecule has 3 heterocycles. The van der Waals surface area contributed by atoms with Gasteiger partial charge in [0.2, 0.25) is 0 Å². The summed E-state index contributed by atoms with van der Waals surface area (Å²) in [6.45, 7) is 1.82. The van der Waals surface area contributed by atoms with Crippen molar-refractivity contribution in [2.24, 2.45) is 0 Å².